The predicted octanol–water partition coefficient (Wildman–Crippen LogP) is 3.75. The molecular formula is C22H25N5O2. The Labute approximate surface area is 170 Å². The van der Waals surface area contributed by atoms with Crippen molar-refractivity contribution in [2.75, 3.05) is 6.54 Å². The van der Waals surface area contributed by atoms with Gasteiger partial charge >= 0.3 is 0 Å². The molecule has 1 amide bonds. The summed E-state index contributed by atoms with van der Waals surface area (Å²) in [5.74, 6) is 1.42. The number of hydrogen-bond donors (Lipinski definition) is 0. The van der Waals surface area contributed by atoms with Gasteiger partial charge in [0, 0.05) is 24.6 Å². The molecule has 1 aliphatic rings. The van der Waals surface area contributed by atoms with E-state index < -0.39 is 0 Å². The number of aromatic nitrogens is 4. The molecule has 0 aliphatic carbocycles. The van der Waals surface area contributed by atoms with Crippen molar-refractivity contribution in [1.29, 1.82) is 0 Å². The fourth-order valence-electron chi connectivity index (χ4n) is 3.99. The van der Waals surface area contributed by atoms with Crippen LogP contribution in [0, 0.1) is 20.8 Å². The lowest BCUT2D eigenvalue weighted by Gasteiger charge is -2.35. The molecule has 4 heterocycles. The molecule has 7 heteroatoms. The van der Waals surface area contributed by atoms with Crippen molar-refractivity contribution in [3.8, 4) is 11.4 Å². The lowest BCUT2D eigenvalue weighted by molar-refractivity contribution is -0.134. The van der Waals surface area contributed by atoms with Crippen LogP contribution in [0.2, 0.25) is 0 Å². The predicted molar refractivity (Wildman–Crippen MR) is 108 cm³/mol. The van der Waals surface area contributed by atoms with E-state index in [0.29, 0.717) is 18.0 Å². The molecule has 1 atom stereocenters. The standard InChI is InChI=1S/C22H25N5O2/c1-14-11-18(25-22(24-14)21-15(2)26-29-16(21)3)19-8-4-5-10-27(19)20(28)12-17-7-6-9-23-13-17/h6-7,9,11,13,19H,4-5,8,10,12H2,1-3H3/t19-/m0/s1. The largest absolute Gasteiger partial charge is 0.361 e. The highest BCUT2D eigenvalue weighted by molar-refractivity contribution is 5.79. The van der Waals surface area contributed by atoms with E-state index in [1.807, 2.05) is 43.9 Å². The second-order valence-corrected chi connectivity index (χ2v) is 7.59. The molecule has 0 N–H and O–H groups in total. The van der Waals surface area contributed by atoms with Crippen molar-refractivity contribution in [2.45, 2.75) is 52.5 Å². The van der Waals surface area contributed by atoms with Crippen LogP contribution in [0.4, 0.5) is 0 Å². The molecule has 1 aliphatic heterocycles. The first kappa shape index (κ1) is 19.2. The molecule has 3 aromatic rings. The van der Waals surface area contributed by atoms with E-state index in [1.165, 1.54) is 0 Å². The fourth-order valence-corrected chi connectivity index (χ4v) is 3.99. The van der Waals surface area contributed by atoms with Crippen LogP contribution in [0.5, 0.6) is 0 Å². The van der Waals surface area contributed by atoms with Gasteiger partial charge < -0.3 is 9.42 Å². The number of nitrogens with zero attached hydrogens (tertiary/aromatic N) is 5. The molecule has 4 rings (SSSR count). The summed E-state index contributed by atoms with van der Waals surface area (Å²) in [6.45, 7) is 6.46. The number of carbonyl (C=O) groups excluding carboxylic acids is 1. The Bertz CT molecular complexity index is 996. The maximum absolute atomic E-state index is 13.1. The van der Waals surface area contributed by atoms with Gasteiger partial charge in [0.15, 0.2) is 5.82 Å². The van der Waals surface area contributed by atoms with Crippen molar-refractivity contribution in [3.63, 3.8) is 0 Å². The highest BCUT2D eigenvalue weighted by atomic mass is 16.5. The quantitative estimate of drug-likeness (QED) is 0.673. The van der Waals surface area contributed by atoms with Crippen molar-refractivity contribution in [1.82, 2.24) is 25.0 Å². The molecule has 150 valence electrons. The van der Waals surface area contributed by atoms with Gasteiger partial charge in [0.1, 0.15) is 5.76 Å². The average molecular weight is 391 g/mol. The number of pyridine rings is 1. The minimum absolute atomic E-state index is 0.0474. The first-order chi connectivity index (χ1) is 14.0. The molecule has 1 fully saturated rings. The van der Waals surface area contributed by atoms with Crippen LogP contribution >= 0.6 is 0 Å². The summed E-state index contributed by atoms with van der Waals surface area (Å²) in [5, 5.41) is 4.03. The number of amides is 1. The van der Waals surface area contributed by atoms with Gasteiger partial charge in [-0.05, 0) is 57.7 Å². The van der Waals surface area contributed by atoms with Gasteiger partial charge in [-0.1, -0.05) is 11.2 Å². The Hall–Kier alpha value is -3.09. The Morgan fingerprint density at radius 1 is 1.24 bits per heavy atom. The normalized spacial score (nSPS) is 16.8. The van der Waals surface area contributed by atoms with Crippen molar-refractivity contribution in [3.05, 3.63) is 59.0 Å². The molecule has 0 bridgehead atoms. The van der Waals surface area contributed by atoms with Crippen LogP contribution in [0.15, 0.2) is 35.1 Å². The van der Waals surface area contributed by atoms with Gasteiger partial charge in [-0.25, -0.2) is 9.97 Å². The summed E-state index contributed by atoms with van der Waals surface area (Å²) in [5.41, 5.74) is 4.28. The van der Waals surface area contributed by atoms with Crippen LogP contribution in [0.25, 0.3) is 11.4 Å². The van der Waals surface area contributed by atoms with Crippen LogP contribution in [0.3, 0.4) is 0 Å². The maximum Gasteiger partial charge on any atom is 0.227 e. The lowest BCUT2D eigenvalue weighted by atomic mass is 9.97. The molecule has 0 radical (unpaired) electrons. The minimum atomic E-state index is -0.0474. The van der Waals surface area contributed by atoms with E-state index in [-0.39, 0.29) is 11.9 Å². The zero-order valence-electron chi connectivity index (χ0n) is 17.1. The second kappa shape index (κ2) is 8.11. The Morgan fingerprint density at radius 3 is 2.83 bits per heavy atom. The number of carbonyl (C=O) groups is 1. The summed E-state index contributed by atoms with van der Waals surface area (Å²) >= 11 is 0. The molecule has 7 nitrogen and oxygen atoms in total. The summed E-state index contributed by atoms with van der Waals surface area (Å²) in [6, 6.07) is 5.74. The van der Waals surface area contributed by atoms with Gasteiger partial charge in [0.2, 0.25) is 5.91 Å². The first-order valence-electron chi connectivity index (χ1n) is 10.00. The van der Waals surface area contributed by atoms with E-state index in [2.05, 4.69) is 15.1 Å². The van der Waals surface area contributed by atoms with Gasteiger partial charge in [0.25, 0.3) is 0 Å². The van der Waals surface area contributed by atoms with Crippen LogP contribution in [-0.2, 0) is 11.2 Å². The monoisotopic (exact) mass is 391 g/mol. The van der Waals surface area contributed by atoms with Crippen molar-refractivity contribution >= 4 is 5.91 Å². The van der Waals surface area contributed by atoms with Crippen LogP contribution in [0.1, 0.15) is 53.7 Å². The number of likely N-dealkylation sites (tertiary alicyclic amines) is 1. The SMILES string of the molecule is Cc1cc([C@@H]2CCCCN2C(=O)Cc2cccnc2)nc(-c2c(C)noc2C)n1. The average Bonchev–Trinajstić information content (AvgIpc) is 3.06. The number of aryl methyl sites for hydroxylation is 3. The van der Waals surface area contributed by atoms with Crippen LogP contribution in [-0.4, -0.2) is 37.5 Å². The van der Waals surface area contributed by atoms with E-state index in [9.17, 15) is 4.79 Å². The third-order valence-electron chi connectivity index (χ3n) is 5.37. The summed E-state index contributed by atoms with van der Waals surface area (Å²) < 4.78 is 5.30. The fraction of sp³-hybridized carbons (Fsp3) is 0.409. The smallest absolute Gasteiger partial charge is 0.227 e. The molecule has 0 saturated carbocycles. The lowest BCUT2D eigenvalue weighted by Crippen LogP contribution is -2.39. The van der Waals surface area contributed by atoms with E-state index >= 15 is 0 Å². The maximum atomic E-state index is 13.1. The molecule has 3 aromatic heterocycles. The zero-order chi connectivity index (χ0) is 20.4. The highest BCUT2D eigenvalue weighted by Crippen LogP contribution is 2.32. The molecule has 1 saturated heterocycles. The summed E-state index contributed by atoms with van der Waals surface area (Å²) in [7, 11) is 0. The summed E-state index contributed by atoms with van der Waals surface area (Å²) in [6.07, 6.45) is 6.81. The van der Waals surface area contributed by atoms with Crippen LogP contribution < -0.4 is 0 Å². The van der Waals surface area contributed by atoms with Gasteiger partial charge in [0.05, 0.1) is 29.4 Å². The molecule has 0 aromatic carbocycles. The number of piperidine rings is 1. The third kappa shape index (κ3) is 4.04. The van der Waals surface area contributed by atoms with Gasteiger partial charge in [-0.3, -0.25) is 9.78 Å². The van der Waals surface area contributed by atoms with Crippen molar-refractivity contribution in [2.24, 2.45) is 0 Å². The number of hydrogen-bond acceptors (Lipinski definition) is 6. The molecular weight excluding hydrogens is 366 g/mol. The van der Waals surface area contributed by atoms with Gasteiger partial charge in [-0.2, -0.15) is 0 Å². The number of rotatable bonds is 4. The topological polar surface area (TPSA) is 85.0 Å². The van der Waals surface area contributed by atoms with E-state index in [1.54, 1.807) is 12.4 Å². The van der Waals surface area contributed by atoms with Gasteiger partial charge in [-0.15, -0.1) is 0 Å². The Morgan fingerprint density at radius 2 is 2.10 bits per heavy atom. The zero-order valence-corrected chi connectivity index (χ0v) is 17.1. The Kier molecular flexibility index (Phi) is 5.38. The van der Waals surface area contributed by atoms with E-state index in [4.69, 9.17) is 9.51 Å². The molecule has 0 unspecified atom stereocenters. The second-order valence-electron chi connectivity index (χ2n) is 7.59. The Balaban J connectivity index is 1.66. The van der Waals surface area contributed by atoms with Crippen molar-refractivity contribution < 1.29 is 9.32 Å². The molecule has 0 spiro atoms. The first-order valence-corrected chi connectivity index (χ1v) is 10.00. The highest BCUT2D eigenvalue weighted by Gasteiger charge is 2.30. The minimum Gasteiger partial charge on any atom is -0.361 e. The summed E-state index contributed by atoms with van der Waals surface area (Å²) in [4.78, 5) is 28.6. The van der Waals surface area contributed by atoms with E-state index in [0.717, 1.165) is 54.0 Å². The molecule has 29 heavy (non-hydrogen) atoms. The third-order valence-corrected chi connectivity index (χ3v) is 5.37.